The average molecular weight is 262 g/mol. The molecule has 0 aromatic heterocycles. The van der Waals surface area contributed by atoms with Crippen molar-refractivity contribution in [3.63, 3.8) is 0 Å². The Bertz CT molecular complexity index is 324. The molecule has 1 saturated carbocycles. The van der Waals surface area contributed by atoms with Crippen molar-refractivity contribution in [2.24, 2.45) is 11.8 Å². The molecule has 2 heteroatoms. The number of allylic oxidation sites excluding steroid dienone is 2. The lowest BCUT2D eigenvalue weighted by Crippen LogP contribution is -2.44. The Balaban J connectivity index is 1.37. The molecule has 1 heterocycles. The second-order valence-electron chi connectivity index (χ2n) is 7.25. The van der Waals surface area contributed by atoms with Gasteiger partial charge in [0.25, 0.3) is 0 Å². The first-order chi connectivity index (χ1) is 9.20. The Morgan fingerprint density at radius 2 is 1.95 bits per heavy atom. The summed E-state index contributed by atoms with van der Waals surface area (Å²) < 4.78 is 0. The minimum atomic E-state index is 0.788. The topological polar surface area (TPSA) is 15.3 Å². The smallest absolute Gasteiger partial charge is 0.00964 e. The van der Waals surface area contributed by atoms with Crippen molar-refractivity contribution in [2.45, 2.75) is 64.5 Å². The fourth-order valence-electron chi connectivity index (χ4n) is 4.08. The highest BCUT2D eigenvalue weighted by Crippen LogP contribution is 2.30. The van der Waals surface area contributed by atoms with Crippen molar-refractivity contribution in [1.82, 2.24) is 10.2 Å². The highest BCUT2D eigenvalue weighted by molar-refractivity contribution is 5.06. The number of likely N-dealkylation sites (tertiary alicyclic amines) is 1. The fourth-order valence-corrected chi connectivity index (χ4v) is 4.08. The monoisotopic (exact) mass is 262 g/mol. The van der Waals surface area contributed by atoms with E-state index in [1.807, 2.05) is 0 Å². The van der Waals surface area contributed by atoms with E-state index in [2.05, 4.69) is 30.1 Å². The lowest BCUT2D eigenvalue weighted by Gasteiger charge is -2.34. The maximum atomic E-state index is 3.86. The summed E-state index contributed by atoms with van der Waals surface area (Å²) in [5, 5.41) is 3.86. The molecule has 0 radical (unpaired) electrons. The summed E-state index contributed by atoms with van der Waals surface area (Å²) in [6, 6.07) is 1.75. The van der Waals surface area contributed by atoms with Gasteiger partial charge in [0.1, 0.15) is 0 Å². The lowest BCUT2D eigenvalue weighted by molar-refractivity contribution is 0.185. The third-order valence-corrected chi connectivity index (χ3v) is 5.17. The zero-order valence-electron chi connectivity index (χ0n) is 12.7. The number of nitrogens with zero attached hydrogens (tertiary/aromatic N) is 1. The van der Waals surface area contributed by atoms with Crippen LogP contribution >= 0.6 is 0 Å². The van der Waals surface area contributed by atoms with Gasteiger partial charge in [-0.15, -0.1) is 0 Å². The first-order valence-electron chi connectivity index (χ1n) is 8.35. The first kappa shape index (κ1) is 13.6. The standard InChI is InChI=1S/C17H30N2/c1-13-9-14(2)11-15(10-13)12-18-16-5-7-19(8-6-16)17-3-4-17/h9,13,15-18H,3-8,10-12H2,1-2H3. The quantitative estimate of drug-likeness (QED) is 0.783. The summed E-state index contributed by atoms with van der Waals surface area (Å²) in [6.45, 7) is 8.58. The van der Waals surface area contributed by atoms with E-state index in [-0.39, 0.29) is 0 Å². The molecule has 2 aliphatic carbocycles. The van der Waals surface area contributed by atoms with Crippen LogP contribution in [0.3, 0.4) is 0 Å². The van der Waals surface area contributed by atoms with Gasteiger partial charge < -0.3 is 10.2 Å². The molecule has 2 fully saturated rings. The van der Waals surface area contributed by atoms with Gasteiger partial charge in [-0.2, -0.15) is 0 Å². The van der Waals surface area contributed by atoms with E-state index in [0.717, 1.165) is 23.9 Å². The van der Waals surface area contributed by atoms with Gasteiger partial charge in [0.15, 0.2) is 0 Å². The molecule has 0 amide bonds. The second kappa shape index (κ2) is 5.97. The summed E-state index contributed by atoms with van der Waals surface area (Å²) >= 11 is 0. The Labute approximate surface area is 118 Å². The minimum Gasteiger partial charge on any atom is -0.314 e. The Morgan fingerprint density at radius 1 is 1.21 bits per heavy atom. The van der Waals surface area contributed by atoms with Crippen LogP contribution in [0.25, 0.3) is 0 Å². The second-order valence-corrected chi connectivity index (χ2v) is 7.25. The van der Waals surface area contributed by atoms with Crippen molar-refractivity contribution in [3.05, 3.63) is 11.6 Å². The predicted octanol–water partition coefficient (Wildman–Crippen LogP) is 3.20. The molecule has 2 unspecified atom stereocenters. The number of nitrogens with one attached hydrogen (secondary N) is 1. The van der Waals surface area contributed by atoms with Crippen LogP contribution in [-0.2, 0) is 0 Å². The van der Waals surface area contributed by atoms with Crippen LogP contribution in [0.2, 0.25) is 0 Å². The van der Waals surface area contributed by atoms with E-state index in [1.165, 1.54) is 58.2 Å². The molecule has 108 valence electrons. The average Bonchev–Trinajstić information content (AvgIpc) is 3.20. The summed E-state index contributed by atoms with van der Waals surface area (Å²) in [5.41, 5.74) is 1.61. The molecule has 0 spiro atoms. The molecule has 1 aliphatic heterocycles. The van der Waals surface area contributed by atoms with Crippen molar-refractivity contribution in [3.8, 4) is 0 Å². The van der Waals surface area contributed by atoms with Gasteiger partial charge in [-0.25, -0.2) is 0 Å². The lowest BCUT2D eigenvalue weighted by atomic mass is 9.83. The van der Waals surface area contributed by atoms with E-state index < -0.39 is 0 Å². The minimum absolute atomic E-state index is 0.788. The Morgan fingerprint density at radius 3 is 2.58 bits per heavy atom. The summed E-state index contributed by atoms with van der Waals surface area (Å²) in [5.74, 6) is 1.67. The molecule has 3 rings (SSSR count). The third-order valence-electron chi connectivity index (χ3n) is 5.17. The number of rotatable bonds is 4. The molecule has 2 nitrogen and oxygen atoms in total. The van der Waals surface area contributed by atoms with Crippen LogP contribution in [-0.4, -0.2) is 36.6 Å². The normalized spacial score (nSPS) is 34.3. The summed E-state index contributed by atoms with van der Waals surface area (Å²) in [6.07, 6.45) is 10.8. The van der Waals surface area contributed by atoms with Crippen LogP contribution in [0.5, 0.6) is 0 Å². The summed E-state index contributed by atoms with van der Waals surface area (Å²) in [7, 11) is 0. The fraction of sp³-hybridized carbons (Fsp3) is 0.882. The zero-order chi connectivity index (χ0) is 13.2. The molecule has 0 aromatic carbocycles. The number of piperidine rings is 1. The van der Waals surface area contributed by atoms with Gasteiger partial charge in [0.05, 0.1) is 0 Å². The molecule has 2 atom stereocenters. The molecule has 1 saturated heterocycles. The molecule has 0 aromatic rings. The zero-order valence-corrected chi connectivity index (χ0v) is 12.7. The van der Waals surface area contributed by atoms with Crippen LogP contribution in [0.4, 0.5) is 0 Å². The van der Waals surface area contributed by atoms with Crippen LogP contribution in [0.15, 0.2) is 11.6 Å². The van der Waals surface area contributed by atoms with E-state index in [0.29, 0.717) is 0 Å². The largest absolute Gasteiger partial charge is 0.314 e. The van der Waals surface area contributed by atoms with Crippen molar-refractivity contribution in [2.75, 3.05) is 19.6 Å². The predicted molar refractivity (Wildman–Crippen MR) is 81.3 cm³/mol. The van der Waals surface area contributed by atoms with Gasteiger partial charge >= 0.3 is 0 Å². The molecule has 19 heavy (non-hydrogen) atoms. The van der Waals surface area contributed by atoms with E-state index in [1.54, 1.807) is 5.57 Å². The first-order valence-corrected chi connectivity index (χ1v) is 8.35. The van der Waals surface area contributed by atoms with E-state index in [4.69, 9.17) is 0 Å². The Kier molecular flexibility index (Phi) is 4.28. The molecule has 0 bridgehead atoms. The highest BCUT2D eigenvalue weighted by atomic mass is 15.2. The number of hydrogen-bond donors (Lipinski definition) is 1. The van der Waals surface area contributed by atoms with Crippen molar-refractivity contribution < 1.29 is 0 Å². The van der Waals surface area contributed by atoms with E-state index in [9.17, 15) is 0 Å². The highest BCUT2D eigenvalue weighted by Gasteiger charge is 2.31. The van der Waals surface area contributed by atoms with Gasteiger partial charge in [-0.3, -0.25) is 0 Å². The molecule has 3 aliphatic rings. The Hall–Kier alpha value is -0.340. The SMILES string of the molecule is CC1=CC(C)CC(CNC2CCN(C3CC3)CC2)C1. The molecular formula is C17H30N2. The third kappa shape index (κ3) is 3.82. The molecular weight excluding hydrogens is 232 g/mol. The van der Waals surface area contributed by atoms with Gasteiger partial charge in [0.2, 0.25) is 0 Å². The van der Waals surface area contributed by atoms with Crippen LogP contribution in [0, 0.1) is 11.8 Å². The maximum absolute atomic E-state index is 3.86. The van der Waals surface area contributed by atoms with Gasteiger partial charge in [-0.05, 0) is 76.9 Å². The van der Waals surface area contributed by atoms with Gasteiger partial charge in [0, 0.05) is 12.1 Å². The number of hydrogen-bond acceptors (Lipinski definition) is 2. The van der Waals surface area contributed by atoms with Crippen LogP contribution in [0.1, 0.15) is 52.4 Å². The van der Waals surface area contributed by atoms with Gasteiger partial charge in [-0.1, -0.05) is 18.6 Å². The van der Waals surface area contributed by atoms with E-state index >= 15 is 0 Å². The van der Waals surface area contributed by atoms with Crippen LogP contribution < -0.4 is 5.32 Å². The van der Waals surface area contributed by atoms with Crippen molar-refractivity contribution in [1.29, 1.82) is 0 Å². The van der Waals surface area contributed by atoms with Crippen molar-refractivity contribution >= 4 is 0 Å². The molecule has 1 N–H and O–H groups in total. The summed E-state index contributed by atoms with van der Waals surface area (Å²) in [4.78, 5) is 2.72. The maximum Gasteiger partial charge on any atom is 0.00964 e.